The SMILES string of the molecule is c1ccc(C2NC(c3ccc(-n4c5ccccc5c5ccccc54)cc3)=NC(c3cccc4c3-c3ccccc3C43c4ccccc4Oc4ccccc43)N2)cc1. The molecule has 1 spiro atoms. The molecule has 0 amide bonds. The van der Waals surface area contributed by atoms with Crippen LogP contribution in [0, 0.1) is 0 Å². The Labute approximate surface area is 330 Å². The van der Waals surface area contributed by atoms with Crippen molar-refractivity contribution in [2.45, 2.75) is 17.7 Å². The fraction of sp³-hybridized carbons (Fsp3) is 0.0577. The predicted octanol–water partition coefficient (Wildman–Crippen LogP) is 11.6. The lowest BCUT2D eigenvalue weighted by atomic mass is 9.66. The molecule has 8 aromatic carbocycles. The smallest absolute Gasteiger partial charge is 0.132 e. The summed E-state index contributed by atoms with van der Waals surface area (Å²) in [4.78, 5) is 5.53. The number of hydrogen-bond acceptors (Lipinski definition) is 4. The van der Waals surface area contributed by atoms with Crippen LogP contribution in [-0.4, -0.2) is 10.4 Å². The average Bonchev–Trinajstić information content (AvgIpc) is 3.78. The van der Waals surface area contributed by atoms with Crippen molar-refractivity contribution in [3.8, 4) is 28.3 Å². The lowest BCUT2D eigenvalue weighted by Crippen LogP contribution is -2.45. The van der Waals surface area contributed by atoms with E-state index in [-0.39, 0.29) is 12.3 Å². The van der Waals surface area contributed by atoms with Gasteiger partial charge in [0.05, 0.1) is 16.4 Å². The van der Waals surface area contributed by atoms with Gasteiger partial charge in [-0.1, -0.05) is 146 Å². The standard InChI is InChI=1S/C52H36N4O/c1-2-15-33(16-3-1)49-53-50(34-29-31-35(32-30-34)56-44-25-10-5-17-36(44)37-18-6-11-26-45(37)56)55-51(54-49)39-20-14-24-43-48(39)38-19-4-7-21-40(38)52(43)41-22-8-12-27-46(41)57-47-28-13-9-23-42(47)52/h1-32,49,51,54H,(H,53,55). The molecule has 5 heteroatoms. The van der Waals surface area contributed by atoms with Crippen LogP contribution in [0.3, 0.4) is 0 Å². The summed E-state index contributed by atoms with van der Waals surface area (Å²) < 4.78 is 8.95. The van der Waals surface area contributed by atoms with E-state index in [2.05, 4.69) is 209 Å². The lowest BCUT2D eigenvalue weighted by Gasteiger charge is -2.39. The van der Waals surface area contributed by atoms with Gasteiger partial charge in [-0.3, -0.25) is 5.32 Å². The molecule has 270 valence electrons. The molecule has 1 aromatic heterocycles. The maximum absolute atomic E-state index is 6.60. The number of fused-ring (bicyclic) bond motifs is 12. The molecule has 3 aliphatic rings. The van der Waals surface area contributed by atoms with Crippen LogP contribution in [0.25, 0.3) is 38.6 Å². The first-order chi connectivity index (χ1) is 28.3. The Morgan fingerprint density at radius 2 is 1.09 bits per heavy atom. The van der Waals surface area contributed by atoms with Gasteiger partial charge < -0.3 is 14.6 Å². The number of benzene rings is 8. The summed E-state index contributed by atoms with van der Waals surface area (Å²) in [5.41, 5.74) is 13.5. The molecule has 12 rings (SSSR count). The van der Waals surface area contributed by atoms with Crippen molar-refractivity contribution in [2.24, 2.45) is 4.99 Å². The summed E-state index contributed by atoms with van der Waals surface area (Å²) in [5.74, 6) is 2.62. The minimum atomic E-state index is -0.547. The van der Waals surface area contributed by atoms with Gasteiger partial charge in [0.15, 0.2) is 0 Å². The molecule has 0 saturated heterocycles. The van der Waals surface area contributed by atoms with E-state index in [0.29, 0.717) is 0 Å². The van der Waals surface area contributed by atoms with Crippen LogP contribution in [0.5, 0.6) is 11.5 Å². The Balaban J connectivity index is 1.03. The molecular weight excluding hydrogens is 697 g/mol. The molecule has 2 aliphatic heterocycles. The molecule has 0 saturated carbocycles. The Bertz CT molecular complexity index is 2970. The van der Waals surface area contributed by atoms with E-state index in [1.54, 1.807) is 0 Å². The molecule has 5 nitrogen and oxygen atoms in total. The highest BCUT2D eigenvalue weighted by Crippen LogP contribution is 2.63. The fourth-order valence-corrected chi connectivity index (χ4v) is 9.81. The third kappa shape index (κ3) is 4.64. The van der Waals surface area contributed by atoms with Crippen molar-refractivity contribution in [3.05, 3.63) is 233 Å². The van der Waals surface area contributed by atoms with Crippen LogP contribution in [0.1, 0.15) is 51.3 Å². The molecule has 57 heavy (non-hydrogen) atoms. The normalized spacial score (nSPS) is 17.2. The monoisotopic (exact) mass is 732 g/mol. The molecule has 2 N–H and O–H groups in total. The van der Waals surface area contributed by atoms with Gasteiger partial charge in [0.2, 0.25) is 0 Å². The molecule has 2 unspecified atom stereocenters. The Kier molecular flexibility index (Phi) is 6.98. The first kappa shape index (κ1) is 32.1. The van der Waals surface area contributed by atoms with Gasteiger partial charge in [-0.05, 0) is 81.9 Å². The Morgan fingerprint density at radius 1 is 0.509 bits per heavy atom. The number of ether oxygens (including phenoxy) is 1. The minimum Gasteiger partial charge on any atom is -0.457 e. The molecule has 2 atom stereocenters. The van der Waals surface area contributed by atoms with Crippen LogP contribution >= 0.6 is 0 Å². The molecule has 1 aliphatic carbocycles. The van der Waals surface area contributed by atoms with Gasteiger partial charge in [0.1, 0.15) is 29.7 Å². The number of hydrogen-bond donors (Lipinski definition) is 2. The number of amidine groups is 1. The molecule has 0 bridgehead atoms. The van der Waals surface area contributed by atoms with Gasteiger partial charge in [-0.2, -0.15) is 0 Å². The van der Waals surface area contributed by atoms with Crippen LogP contribution in [0.15, 0.2) is 199 Å². The van der Waals surface area contributed by atoms with Crippen molar-refractivity contribution in [1.82, 2.24) is 15.2 Å². The fourth-order valence-electron chi connectivity index (χ4n) is 9.81. The van der Waals surface area contributed by atoms with E-state index in [0.717, 1.165) is 50.8 Å². The van der Waals surface area contributed by atoms with E-state index in [9.17, 15) is 0 Å². The highest BCUT2D eigenvalue weighted by molar-refractivity contribution is 6.09. The van der Waals surface area contributed by atoms with Gasteiger partial charge in [0.25, 0.3) is 0 Å². The first-order valence-electron chi connectivity index (χ1n) is 19.6. The largest absolute Gasteiger partial charge is 0.457 e. The quantitative estimate of drug-likeness (QED) is 0.189. The number of nitrogens with zero attached hydrogens (tertiary/aromatic N) is 2. The van der Waals surface area contributed by atoms with Gasteiger partial charge >= 0.3 is 0 Å². The summed E-state index contributed by atoms with van der Waals surface area (Å²) in [7, 11) is 0. The van der Waals surface area contributed by atoms with Crippen molar-refractivity contribution >= 4 is 27.6 Å². The molecule has 0 fully saturated rings. The van der Waals surface area contributed by atoms with Crippen LogP contribution in [0.2, 0.25) is 0 Å². The van der Waals surface area contributed by atoms with Gasteiger partial charge in [0, 0.05) is 33.2 Å². The maximum atomic E-state index is 6.60. The number of aromatic nitrogens is 1. The molecular formula is C52H36N4O. The van der Waals surface area contributed by atoms with E-state index >= 15 is 0 Å². The van der Waals surface area contributed by atoms with E-state index in [1.165, 1.54) is 44.1 Å². The lowest BCUT2D eigenvalue weighted by molar-refractivity contribution is 0.409. The number of aliphatic imine (C=N–C) groups is 1. The highest BCUT2D eigenvalue weighted by Gasteiger charge is 2.52. The average molecular weight is 733 g/mol. The number of nitrogens with one attached hydrogen (secondary N) is 2. The van der Waals surface area contributed by atoms with Crippen molar-refractivity contribution in [2.75, 3.05) is 0 Å². The van der Waals surface area contributed by atoms with E-state index in [1.807, 2.05) is 0 Å². The van der Waals surface area contributed by atoms with E-state index < -0.39 is 5.41 Å². The Hall–Kier alpha value is -7.21. The van der Waals surface area contributed by atoms with Crippen molar-refractivity contribution < 1.29 is 4.74 Å². The Morgan fingerprint density at radius 3 is 1.79 bits per heavy atom. The predicted molar refractivity (Wildman–Crippen MR) is 229 cm³/mol. The molecule has 9 aromatic rings. The zero-order valence-corrected chi connectivity index (χ0v) is 30.9. The second-order valence-electron chi connectivity index (χ2n) is 15.1. The molecule has 0 radical (unpaired) electrons. The van der Waals surface area contributed by atoms with Crippen LogP contribution in [-0.2, 0) is 5.41 Å². The van der Waals surface area contributed by atoms with Gasteiger partial charge in [-0.25, -0.2) is 4.99 Å². The zero-order chi connectivity index (χ0) is 37.5. The first-order valence-corrected chi connectivity index (χ1v) is 19.6. The topological polar surface area (TPSA) is 50.6 Å². The second kappa shape index (κ2) is 12.4. The summed E-state index contributed by atoms with van der Waals surface area (Å²) in [6.07, 6.45) is -0.515. The number of para-hydroxylation sites is 4. The summed E-state index contributed by atoms with van der Waals surface area (Å²) >= 11 is 0. The van der Waals surface area contributed by atoms with Crippen LogP contribution < -0.4 is 15.4 Å². The van der Waals surface area contributed by atoms with E-state index in [4.69, 9.17) is 9.73 Å². The highest BCUT2D eigenvalue weighted by atomic mass is 16.5. The number of rotatable bonds is 4. The molecule has 3 heterocycles. The maximum Gasteiger partial charge on any atom is 0.132 e. The second-order valence-corrected chi connectivity index (χ2v) is 15.1. The summed E-state index contributed by atoms with van der Waals surface area (Å²) in [6, 6.07) is 69.4. The zero-order valence-electron chi connectivity index (χ0n) is 30.9. The van der Waals surface area contributed by atoms with Gasteiger partial charge in [-0.15, -0.1) is 0 Å². The third-order valence-corrected chi connectivity index (χ3v) is 12.2. The van der Waals surface area contributed by atoms with Crippen molar-refractivity contribution in [3.63, 3.8) is 0 Å². The minimum absolute atomic E-state index is 0.174. The third-order valence-electron chi connectivity index (χ3n) is 12.2. The van der Waals surface area contributed by atoms with Crippen molar-refractivity contribution in [1.29, 1.82) is 0 Å². The summed E-state index contributed by atoms with van der Waals surface area (Å²) in [5, 5.41) is 10.2. The van der Waals surface area contributed by atoms with Crippen LogP contribution in [0.4, 0.5) is 0 Å². The summed E-state index contributed by atoms with van der Waals surface area (Å²) in [6.45, 7) is 0.